The highest BCUT2D eigenvalue weighted by atomic mass is 16.4. The number of carboxylic acids is 1. The molecule has 0 aromatic rings. The average Bonchev–Trinajstić information content (AvgIpc) is 2.64. The van der Waals surface area contributed by atoms with E-state index in [4.69, 9.17) is 20.4 Å². The van der Waals surface area contributed by atoms with Crippen molar-refractivity contribution in [2.45, 2.75) is 103 Å². The van der Waals surface area contributed by atoms with E-state index in [9.17, 15) is 4.79 Å². The van der Waals surface area contributed by atoms with Crippen LogP contribution in [0, 0.1) is 5.92 Å². The predicted molar refractivity (Wildman–Crippen MR) is 107 cm³/mol. The number of carbonyl (C=O) groups is 1. The van der Waals surface area contributed by atoms with E-state index in [1.54, 1.807) is 0 Å². The first-order valence-electron chi connectivity index (χ1n) is 10.7. The second-order valence-electron chi connectivity index (χ2n) is 7.13. The lowest BCUT2D eigenvalue weighted by atomic mass is 10.0. The number of hydrogen-bond acceptors (Lipinski definition) is 4. The van der Waals surface area contributed by atoms with Crippen molar-refractivity contribution >= 4 is 5.97 Å². The fourth-order valence-electron chi connectivity index (χ4n) is 2.72. The number of hydrogen-bond donors (Lipinski definition) is 4. The fraction of sp³-hybridized carbons (Fsp3) is 0.952. The van der Waals surface area contributed by atoms with Crippen LogP contribution in [0.4, 0.5) is 0 Å². The van der Waals surface area contributed by atoms with Gasteiger partial charge >= 0.3 is 5.97 Å². The molecule has 158 valence electrons. The predicted octanol–water partition coefficient (Wildman–Crippen LogP) is 4.52. The standard InChI is InChI=1S/C16H32O2.C5H12O3/c1-2-3-4-5-6-7-8-9-10-11-12-13-14-15-16(17)18;6-2-1-5(3-7)4-8/h2-15H2,1H3,(H,17,18);5-8H,1-4H2. The van der Waals surface area contributed by atoms with Gasteiger partial charge in [0.2, 0.25) is 0 Å². The molecule has 0 heterocycles. The van der Waals surface area contributed by atoms with Crippen LogP contribution >= 0.6 is 0 Å². The molecule has 0 radical (unpaired) electrons. The summed E-state index contributed by atoms with van der Waals surface area (Å²) in [4.78, 5) is 10.3. The molecule has 0 saturated carbocycles. The minimum absolute atomic E-state index is 0.0335. The van der Waals surface area contributed by atoms with E-state index in [1.807, 2.05) is 0 Å². The Morgan fingerprint density at radius 3 is 1.35 bits per heavy atom. The lowest BCUT2D eigenvalue weighted by molar-refractivity contribution is -0.137. The lowest BCUT2D eigenvalue weighted by Gasteiger charge is -2.06. The molecule has 0 aromatic heterocycles. The SMILES string of the molecule is CCCCCCCCCCCCCCCC(=O)O.OCCC(CO)CO. The summed E-state index contributed by atoms with van der Waals surface area (Å²) in [5.74, 6) is -0.793. The van der Waals surface area contributed by atoms with Crippen molar-refractivity contribution in [3.63, 3.8) is 0 Å². The van der Waals surface area contributed by atoms with Crippen molar-refractivity contribution in [1.29, 1.82) is 0 Å². The van der Waals surface area contributed by atoms with Gasteiger partial charge in [-0.05, 0) is 12.8 Å². The molecule has 0 aromatic carbocycles. The largest absolute Gasteiger partial charge is 0.481 e. The molecular formula is C21H44O5. The van der Waals surface area contributed by atoms with Crippen LogP contribution in [0.2, 0.25) is 0 Å². The monoisotopic (exact) mass is 376 g/mol. The number of rotatable bonds is 18. The van der Waals surface area contributed by atoms with Gasteiger partial charge < -0.3 is 20.4 Å². The Morgan fingerprint density at radius 2 is 1.08 bits per heavy atom. The number of carboxylic acid groups (broad SMARTS) is 1. The Hall–Kier alpha value is -0.650. The van der Waals surface area contributed by atoms with Gasteiger partial charge in [-0.25, -0.2) is 0 Å². The summed E-state index contributed by atoms with van der Waals surface area (Å²) in [5, 5.41) is 33.5. The van der Waals surface area contributed by atoms with E-state index >= 15 is 0 Å². The van der Waals surface area contributed by atoms with Gasteiger partial charge in [0, 0.05) is 32.2 Å². The molecule has 0 spiro atoms. The molecule has 0 bridgehead atoms. The van der Waals surface area contributed by atoms with Crippen LogP contribution in [0.25, 0.3) is 0 Å². The maximum absolute atomic E-state index is 10.3. The van der Waals surface area contributed by atoms with Crippen LogP contribution in [0.5, 0.6) is 0 Å². The van der Waals surface area contributed by atoms with E-state index in [0.717, 1.165) is 12.8 Å². The zero-order valence-corrected chi connectivity index (χ0v) is 17.0. The van der Waals surface area contributed by atoms with Gasteiger partial charge in [-0.2, -0.15) is 0 Å². The molecular weight excluding hydrogens is 332 g/mol. The van der Waals surface area contributed by atoms with Crippen molar-refractivity contribution in [3.8, 4) is 0 Å². The fourth-order valence-corrected chi connectivity index (χ4v) is 2.72. The molecule has 0 atom stereocenters. The molecule has 0 fully saturated rings. The maximum atomic E-state index is 10.3. The first-order valence-corrected chi connectivity index (χ1v) is 10.7. The van der Waals surface area contributed by atoms with Crippen LogP contribution in [-0.2, 0) is 4.79 Å². The molecule has 26 heavy (non-hydrogen) atoms. The maximum Gasteiger partial charge on any atom is 0.303 e. The Bertz CT molecular complexity index is 267. The van der Waals surface area contributed by atoms with Gasteiger partial charge in [-0.3, -0.25) is 4.79 Å². The molecule has 0 aliphatic heterocycles. The summed E-state index contributed by atoms with van der Waals surface area (Å²) >= 11 is 0. The van der Waals surface area contributed by atoms with Gasteiger partial charge in [-0.15, -0.1) is 0 Å². The normalized spacial score (nSPS) is 10.7. The first kappa shape index (κ1) is 27.6. The highest BCUT2D eigenvalue weighted by Gasteiger charge is 2.02. The van der Waals surface area contributed by atoms with Crippen LogP contribution in [0.3, 0.4) is 0 Å². The number of unbranched alkanes of at least 4 members (excludes halogenated alkanes) is 12. The zero-order chi connectivity index (χ0) is 19.9. The van der Waals surface area contributed by atoms with Crippen LogP contribution in [-0.4, -0.2) is 46.2 Å². The second kappa shape index (κ2) is 24.4. The average molecular weight is 377 g/mol. The topological polar surface area (TPSA) is 98.0 Å². The zero-order valence-electron chi connectivity index (χ0n) is 17.0. The van der Waals surface area contributed by atoms with Crippen LogP contribution in [0.15, 0.2) is 0 Å². The molecule has 0 rings (SSSR count). The van der Waals surface area contributed by atoms with Gasteiger partial charge in [0.1, 0.15) is 0 Å². The van der Waals surface area contributed by atoms with Crippen molar-refractivity contribution < 1.29 is 25.2 Å². The Kier molecular flexibility index (Phi) is 25.8. The highest BCUT2D eigenvalue weighted by Crippen LogP contribution is 2.12. The quantitative estimate of drug-likeness (QED) is 0.264. The summed E-state index contributed by atoms with van der Waals surface area (Å²) < 4.78 is 0. The number of aliphatic hydroxyl groups excluding tert-OH is 3. The van der Waals surface area contributed by atoms with Gasteiger partial charge in [0.25, 0.3) is 0 Å². The van der Waals surface area contributed by atoms with Gasteiger partial charge in [0.05, 0.1) is 0 Å². The van der Waals surface area contributed by atoms with E-state index in [2.05, 4.69) is 6.92 Å². The summed E-state index contributed by atoms with van der Waals surface area (Å²) in [6, 6.07) is 0. The Morgan fingerprint density at radius 1 is 0.692 bits per heavy atom. The minimum Gasteiger partial charge on any atom is -0.481 e. The van der Waals surface area contributed by atoms with Crippen molar-refractivity contribution in [1.82, 2.24) is 0 Å². The number of aliphatic hydroxyl groups is 3. The molecule has 4 N–H and O–H groups in total. The third kappa shape index (κ3) is 25.6. The third-order valence-electron chi connectivity index (χ3n) is 4.55. The van der Waals surface area contributed by atoms with E-state index in [0.29, 0.717) is 12.8 Å². The Balaban J connectivity index is 0. The van der Waals surface area contributed by atoms with Crippen LogP contribution < -0.4 is 0 Å². The van der Waals surface area contributed by atoms with Gasteiger partial charge in [-0.1, -0.05) is 84.0 Å². The molecule has 5 nitrogen and oxygen atoms in total. The number of aliphatic carboxylic acids is 1. The molecule has 0 unspecified atom stereocenters. The summed E-state index contributed by atoms with van der Waals surface area (Å²) in [7, 11) is 0. The summed E-state index contributed by atoms with van der Waals surface area (Å²) in [6.45, 7) is 2.20. The second-order valence-corrected chi connectivity index (χ2v) is 7.13. The summed E-state index contributed by atoms with van der Waals surface area (Å²) in [5.41, 5.74) is 0. The molecule has 0 aliphatic carbocycles. The molecule has 0 aliphatic rings. The first-order chi connectivity index (χ1) is 12.6. The van der Waals surface area contributed by atoms with Crippen molar-refractivity contribution in [3.05, 3.63) is 0 Å². The Labute approximate surface area is 160 Å². The van der Waals surface area contributed by atoms with E-state index in [-0.39, 0.29) is 25.7 Å². The van der Waals surface area contributed by atoms with Crippen LogP contribution in [0.1, 0.15) is 103 Å². The third-order valence-corrected chi connectivity index (χ3v) is 4.55. The molecule has 5 heteroatoms. The van der Waals surface area contributed by atoms with Crippen molar-refractivity contribution in [2.75, 3.05) is 19.8 Å². The minimum atomic E-state index is -0.655. The van der Waals surface area contributed by atoms with E-state index < -0.39 is 5.97 Å². The highest BCUT2D eigenvalue weighted by molar-refractivity contribution is 5.66. The van der Waals surface area contributed by atoms with Crippen molar-refractivity contribution in [2.24, 2.45) is 5.92 Å². The van der Waals surface area contributed by atoms with E-state index in [1.165, 1.54) is 70.6 Å². The lowest BCUT2D eigenvalue weighted by Crippen LogP contribution is -2.12. The molecule has 0 amide bonds. The van der Waals surface area contributed by atoms with Gasteiger partial charge in [0.15, 0.2) is 0 Å². The molecule has 0 saturated heterocycles. The smallest absolute Gasteiger partial charge is 0.303 e. The summed E-state index contributed by atoms with van der Waals surface area (Å²) in [6.07, 6.45) is 17.7.